The van der Waals surface area contributed by atoms with E-state index < -0.39 is 11.6 Å². The van der Waals surface area contributed by atoms with Crippen LogP contribution < -0.4 is 4.90 Å². The van der Waals surface area contributed by atoms with Gasteiger partial charge in [-0.05, 0) is 13.8 Å². The first-order valence-electron chi connectivity index (χ1n) is 6.60. The van der Waals surface area contributed by atoms with E-state index in [1.807, 2.05) is 0 Å². The first kappa shape index (κ1) is 14.7. The van der Waals surface area contributed by atoms with Crippen LogP contribution in [-0.4, -0.2) is 69.4 Å². The first-order valence-corrected chi connectivity index (χ1v) is 6.60. The Morgan fingerprint density at radius 1 is 1.25 bits per heavy atom. The summed E-state index contributed by atoms with van der Waals surface area (Å²) in [5.74, 6) is -0.378. The number of β-amino-alcohol motifs (C(OH)–C–C–N with tert-alkyl or cyclic N) is 1. The van der Waals surface area contributed by atoms with Crippen LogP contribution in [0, 0.1) is 0 Å². The third-order valence-corrected chi connectivity index (χ3v) is 3.16. The molecule has 0 bridgehead atoms. The van der Waals surface area contributed by atoms with Crippen LogP contribution in [0.2, 0.25) is 0 Å². The molecular weight excluding hydrogens is 260 g/mol. The van der Waals surface area contributed by atoms with Crippen LogP contribution in [0.15, 0.2) is 12.4 Å². The van der Waals surface area contributed by atoms with Crippen LogP contribution in [0.25, 0.3) is 0 Å². The molecule has 0 radical (unpaired) electrons. The van der Waals surface area contributed by atoms with Crippen LogP contribution in [0.5, 0.6) is 0 Å². The molecule has 2 N–H and O–H groups in total. The molecule has 0 amide bonds. The number of aliphatic hydroxyl groups is 1. The van der Waals surface area contributed by atoms with Crippen molar-refractivity contribution in [2.24, 2.45) is 0 Å². The highest BCUT2D eigenvalue weighted by molar-refractivity contribution is 5.84. The van der Waals surface area contributed by atoms with Crippen molar-refractivity contribution in [3.05, 3.63) is 18.1 Å². The molecule has 110 valence electrons. The van der Waals surface area contributed by atoms with Crippen molar-refractivity contribution in [2.75, 3.05) is 37.6 Å². The van der Waals surface area contributed by atoms with Crippen LogP contribution in [0.3, 0.4) is 0 Å². The number of carboxylic acid groups (broad SMARTS) is 1. The van der Waals surface area contributed by atoms with Crippen LogP contribution in [-0.2, 0) is 0 Å². The Morgan fingerprint density at radius 3 is 2.35 bits per heavy atom. The predicted octanol–water partition coefficient (Wildman–Crippen LogP) is 0.0677. The van der Waals surface area contributed by atoms with Crippen LogP contribution >= 0.6 is 0 Å². The summed E-state index contributed by atoms with van der Waals surface area (Å²) in [4.78, 5) is 23.0. The van der Waals surface area contributed by atoms with Gasteiger partial charge in [0.05, 0.1) is 18.0 Å². The fourth-order valence-corrected chi connectivity index (χ4v) is 2.28. The normalized spacial score (nSPS) is 17.2. The zero-order valence-electron chi connectivity index (χ0n) is 11.8. The average Bonchev–Trinajstić information content (AvgIpc) is 2.38. The summed E-state index contributed by atoms with van der Waals surface area (Å²) >= 11 is 0. The fraction of sp³-hybridized carbons (Fsp3) is 0.615. The maximum atomic E-state index is 10.7. The Morgan fingerprint density at radius 2 is 1.90 bits per heavy atom. The highest BCUT2D eigenvalue weighted by Crippen LogP contribution is 2.14. The Hall–Kier alpha value is -1.73. The van der Waals surface area contributed by atoms with Gasteiger partial charge in [0.15, 0.2) is 5.69 Å². The van der Waals surface area contributed by atoms with Gasteiger partial charge in [-0.1, -0.05) is 0 Å². The molecule has 0 spiro atoms. The first-order chi connectivity index (χ1) is 9.35. The van der Waals surface area contributed by atoms with Crippen LogP contribution in [0.1, 0.15) is 24.3 Å². The molecule has 1 aliphatic heterocycles. The summed E-state index contributed by atoms with van der Waals surface area (Å²) in [6.07, 6.45) is 2.77. The number of carbonyl (C=O) groups is 1. The molecule has 1 aliphatic rings. The van der Waals surface area contributed by atoms with Gasteiger partial charge in [0.25, 0.3) is 0 Å². The molecule has 1 aromatic heterocycles. The van der Waals surface area contributed by atoms with Crippen molar-refractivity contribution in [3.63, 3.8) is 0 Å². The number of rotatable bonds is 4. The highest BCUT2D eigenvalue weighted by Gasteiger charge is 2.23. The van der Waals surface area contributed by atoms with Crippen molar-refractivity contribution in [3.8, 4) is 0 Å². The van der Waals surface area contributed by atoms with E-state index in [2.05, 4.69) is 19.8 Å². The average molecular weight is 280 g/mol. The van der Waals surface area contributed by atoms with Gasteiger partial charge >= 0.3 is 5.97 Å². The number of aromatic carboxylic acids is 1. The molecule has 0 saturated carbocycles. The van der Waals surface area contributed by atoms with E-state index in [0.717, 1.165) is 26.2 Å². The lowest BCUT2D eigenvalue weighted by Gasteiger charge is -2.37. The summed E-state index contributed by atoms with van der Waals surface area (Å²) in [7, 11) is 0. The number of piperazine rings is 1. The van der Waals surface area contributed by atoms with Crippen LogP contribution in [0.4, 0.5) is 5.82 Å². The lowest BCUT2D eigenvalue weighted by Crippen LogP contribution is -2.50. The third kappa shape index (κ3) is 3.88. The monoisotopic (exact) mass is 280 g/mol. The van der Waals surface area contributed by atoms with Gasteiger partial charge < -0.3 is 15.1 Å². The number of hydrogen-bond acceptors (Lipinski definition) is 6. The summed E-state index contributed by atoms with van der Waals surface area (Å²) in [5.41, 5.74) is -0.736. The minimum absolute atomic E-state index is 0.0468. The lowest BCUT2D eigenvalue weighted by atomic mass is 10.1. The quantitative estimate of drug-likeness (QED) is 0.806. The van der Waals surface area contributed by atoms with Gasteiger partial charge in [-0.15, -0.1) is 0 Å². The molecule has 20 heavy (non-hydrogen) atoms. The SMILES string of the molecule is CC(C)(O)CN1CCN(c2cnc(C(=O)O)cn2)CC1. The van der Waals surface area contributed by atoms with E-state index in [0.29, 0.717) is 12.4 Å². The molecule has 0 atom stereocenters. The number of hydrogen-bond donors (Lipinski definition) is 2. The molecular formula is C13H20N4O3. The molecule has 7 heteroatoms. The standard InChI is InChI=1S/C13H20N4O3/c1-13(2,20)9-16-3-5-17(6-4-16)11-8-14-10(7-15-11)12(18)19/h7-8,20H,3-6,9H2,1-2H3,(H,18,19). The number of anilines is 1. The van der Waals surface area contributed by atoms with Crippen molar-refractivity contribution in [2.45, 2.75) is 19.4 Å². The van der Waals surface area contributed by atoms with E-state index in [9.17, 15) is 9.90 Å². The fourth-order valence-electron chi connectivity index (χ4n) is 2.28. The van der Waals surface area contributed by atoms with Gasteiger partial charge in [-0.25, -0.2) is 14.8 Å². The van der Waals surface area contributed by atoms with Crippen molar-refractivity contribution in [1.29, 1.82) is 0 Å². The predicted molar refractivity (Wildman–Crippen MR) is 73.9 cm³/mol. The largest absolute Gasteiger partial charge is 0.476 e. The second-order valence-corrected chi connectivity index (χ2v) is 5.64. The Labute approximate surface area is 117 Å². The third-order valence-electron chi connectivity index (χ3n) is 3.16. The number of aromatic nitrogens is 2. The Balaban J connectivity index is 1.92. The summed E-state index contributed by atoms with van der Waals surface area (Å²) in [6.45, 7) is 7.50. The van der Waals surface area contributed by atoms with Gasteiger partial charge in [-0.2, -0.15) is 0 Å². The van der Waals surface area contributed by atoms with E-state index in [4.69, 9.17) is 5.11 Å². The Kier molecular flexibility index (Phi) is 4.20. The van der Waals surface area contributed by atoms with Crippen molar-refractivity contribution in [1.82, 2.24) is 14.9 Å². The molecule has 1 saturated heterocycles. The van der Waals surface area contributed by atoms with E-state index in [-0.39, 0.29) is 5.69 Å². The molecule has 0 aromatic carbocycles. The molecule has 7 nitrogen and oxygen atoms in total. The van der Waals surface area contributed by atoms with E-state index in [1.54, 1.807) is 13.8 Å². The lowest BCUT2D eigenvalue weighted by molar-refractivity contribution is 0.0344. The van der Waals surface area contributed by atoms with Gasteiger partial charge in [-0.3, -0.25) is 4.90 Å². The van der Waals surface area contributed by atoms with Crippen molar-refractivity contribution >= 4 is 11.8 Å². The molecule has 1 aromatic rings. The van der Waals surface area contributed by atoms with Gasteiger partial charge in [0, 0.05) is 32.7 Å². The molecule has 0 unspecified atom stereocenters. The summed E-state index contributed by atoms with van der Waals surface area (Å²) in [6, 6.07) is 0. The molecule has 1 fully saturated rings. The number of nitrogens with zero attached hydrogens (tertiary/aromatic N) is 4. The Bertz CT molecular complexity index is 461. The molecule has 2 rings (SSSR count). The molecule has 2 heterocycles. The maximum absolute atomic E-state index is 10.7. The molecule has 0 aliphatic carbocycles. The second-order valence-electron chi connectivity index (χ2n) is 5.64. The van der Waals surface area contributed by atoms with E-state index >= 15 is 0 Å². The minimum atomic E-state index is -1.07. The zero-order chi connectivity index (χ0) is 14.8. The topological polar surface area (TPSA) is 89.8 Å². The maximum Gasteiger partial charge on any atom is 0.356 e. The second kappa shape index (κ2) is 5.72. The van der Waals surface area contributed by atoms with Crippen molar-refractivity contribution < 1.29 is 15.0 Å². The number of carboxylic acids is 1. The highest BCUT2D eigenvalue weighted by atomic mass is 16.4. The summed E-state index contributed by atoms with van der Waals surface area (Å²) < 4.78 is 0. The smallest absolute Gasteiger partial charge is 0.356 e. The van der Waals surface area contributed by atoms with Gasteiger partial charge in [0.2, 0.25) is 0 Å². The van der Waals surface area contributed by atoms with E-state index in [1.165, 1.54) is 12.4 Å². The zero-order valence-corrected chi connectivity index (χ0v) is 11.8. The minimum Gasteiger partial charge on any atom is -0.476 e. The summed E-state index contributed by atoms with van der Waals surface area (Å²) in [5, 5.41) is 18.6. The van der Waals surface area contributed by atoms with Gasteiger partial charge in [0.1, 0.15) is 5.82 Å².